The number of aromatic nitrogens is 5. The highest BCUT2D eigenvalue weighted by molar-refractivity contribution is 7.15. The summed E-state index contributed by atoms with van der Waals surface area (Å²) in [6, 6.07) is 19.7. The van der Waals surface area contributed by atoms with Crippen molar-refractivity contribution in [1.82, 2.24) is 24.8 Å². The Morgan fingerprint density at radius 3 is 2.57 bits per heavy atom. The number of non-ortho nitro benzene ring substituents is 1. The third-order valence-electron chi connectivity index (χ3n) is 4.41. The van der Waals surface area contributed by atoms with Crippen LogP contribution in [0.15, 0.2) is 72.1 Å². The summed E-state index contributed by atoms with van der Waals surface area (Å²) in [6.45, 7) is 0. The van der Waals surface area contributed by atoms with Crippen LogP contribution in [0, 0.1) is 10.1 Å². The van der Waals surface area contributed by atoms with Gasteiger partial charge in [0.25, 0.3) is 5.69 Å². The first-order chi connectivity index (χ1) is 14.7. The van der Waals surface area contributed by atoms with Crippen molar-refractivity contribution in [3.8, 4) is 22.5 Å². The molecule has 0 aliphatic rings. The minimum atomic E-state index is -0.438. The molecule has 0 amide bonds. The lowest BCUT2D eigenvalue weighted by molar-refractivity contribution is -0.384. The van der Waals surface area contributed by atoms with Crippen LogP contribution in [0.2, 0.25) is 0 Å². The van der Waals surface area contributed by atoms with Gasteiger partial charge in [-0.1, -0.05) is 42.5 Å². The molecule has 0 bridgehead atoms. The van der Waals surface area contributed by atoms with Gasteiger partial charge in [-0.15, -0.1) is 26.6 Å². The van der Waals surface area contributed by atoms with Crippen molar-refractivity contribution in [2.75, 3.05) is 5.32 Å². The van der Waals surface area contributed by atoms with E-state index >= 15 is 0 Å². The van der Waals surface area contributed by atoms with E-state index in [4.69, 9.17) is 0 Å². The highest BCUT2D eigenvalue weighted by Gasteiger charge is 2.13. The van der Waals surface area contributed by atoms with Crippen LogP contribution in [0.5, 0.6) is 0 Å². The van der Waals surface area contributed by atoms with Crippen molar-refractivity contribution in [3.63, 3.8) is 0 Å². The molecule has 2 aromatic carbocycles. The van der Waals surface area contributed by atoms with Crippen LogP contribution in [-0.4, -0.2) is 29.7 Å². The first-order valence-corrected chi connectivity index (χ1v) is 9.80. The first kappa shape index (κ1) is 17.9. The summed E-state index contributed by atoms with van der Waals surface area (Å²) in [5.74, 6) is 0.889. The third kappa shape index (κ3) is 3.35. The van der Waals surface area contributed by atoms with E-state index in [2.05, 4.69) is 25.6 Å². The highest BCUT2D eigenvalue weighted by Crippen LogP contribution is 2.27. The number of hydrogen-bond donors (Lipinski definition) is 1. The van der Waals surface area contributed by atoms with E-state index in [9.17, 15) is 10.1 Å². The number of thiazole rings is 1. The molecule has 0 saturated carbocycles. The number of benzene rings is 2. The van der Waals surface area contributed by atoms with Crippen molar-refractivity contribution in [1.29, 1.82) is 0 Å². The van der Waals surface area contributed by atoms with Gasteiger partial charge in [0.1, 0.15) is 0 Å². The molecule has 0 unspecified atom stereocenters. The molecule has 3 heterocycles. The van der Waals surface area contributed by atoms with Crippen LogP contribution in [0.1, 0.15) is 0 Å². The molecule has 0 spiro atoms. The van der Waals surface area contributed by atoms with Crippen LogP contribution in [-0.2, 0) is 0 Å². The number of fused-ring (bicyclic) bond motifs is 1. The van der Waals surface area contributed by atoms with Gasteiger partial charge in [0.05, 0.1) is 16.3 Å². The van der Waals surface area contributed by atoms with Crippen molar-refractivity contribution >= 4 is 33.8 Å². The molecule has 1 N–H and O–H groups in total. The molecule has 3 aromatic heterocycles. The van der Waals surface area contributed by atoms with Gasteiger partial charge in [-0.3, -0.25) is 10.1 Å². The Balaban J connectivity index is 1.39. The quantitative estimate of drug-likeness (QED) is 0.331. The summed E-state index contributed by atoms with van der Waals surface area (Å²) in [6.07, 6.45) is 0. The van der Waals surface area contributed by atoms with Crippen LogP contribution in [0.3, 0.4) is 0 Å². The molecule has 5 aromatic rings. The Morgan fingerprint density at radius 1 is 0.967 bits per heavy atom. The minimum absolute atomic E-state index is 0.00741. The van der Waals surface area contributed by atoms with E-state index in [0.717, 1.165) is 16.2 Å². The second kappa shape index (κ2) is 7.33. The van der Waals surface area contributed by atoms with Gasteiger partial charge in [0, 0.05) is 28.6 Å². The Kier molecular flexibility index (Phi) is 4.37. The van der Waals surface area contributed by atoms with Crippen molar-refractivity contribution < 1.29 is 4.92 Å². The molecule has 30 heavy (non-hydrogen) atoms. The van der Waals surface area contributed by atoms with Gasteiger partial charge in [0.2, 0.25) is 10.9 Å². The summed E-state index contributed by atoms with van der Waals surface area (Å²) in [5, 5.41) is 28.8. The maximum atomic E-state index is 11.0. The number of nitrogens with one attached hydrogen (secondary N) is 1. The SMILES string of the molecule is O=[N+]([O-])c1cccc(-c2ccc(Nc3nc4scc(-c5ccccc5)n4n3)nn2)c1. The lowest BCUT2D eigenvalue weighted by Gasteiger charge is -2.03. The number of anilines is 2. The van der Waals surface area contributed by atoms with Gasteiger partial charge in [-0.2, -0.15) is 4.98 Å². The molecule has 0 saturated heterocycles. The lowest BCUT2D eigenvalue weighted by atomic mass is 10.1. The number of rotatable bonds is 5. The average molecular weight is 415 g/mol. The van der Waals surface area contributed by atoms with E-state index in [0.29, 0.717) is 23.0 Å². The van der Waals surface area contributed by atoms with Crippen molar-refractivity contribution in [2.24, 2.45) is 0 Å². The van der Waals surface area contributed by atoms with E-state index in [-0.39, 0.29) is 5.69 Å². The summed E-state index contributed by atoms with van der Waals surface area (Å²) in [5.41, 5.74) is 3.18. The summed E-state index contributed by atoms with van der Waals surface area (Å²) < 4.78 is 1.78. The predicted molar refractivity (Wildman–Crippen MR) is 114 cm³/mol. The topological polar surface area (TPSA) is 111 Å². The zero-order valence-electron chi connectivity index (χ0n) is 15.3. The average Bonchev–Trinajstić information content (AvgIpc) is 3.35. The Bertz CT molecular complexity index is 1350. The first-order valence-electron chi connectivity index (χ1n) is 8.93. The molecular weight excluding hydrogens is 402 g/mol. The molecule has 146 valence electrons. The van der Waals surface area contributed by atoms with Crippen molar-refractivity contribution in [3.05, 3.63) is 82.2 Å². The summed E-state index contributed by atoms with van der Waals surface area (Å²) in [7, 11) is 0. The molecule has 0 atom stereocenters. The van der Waals surface area contributed by atoms with E-state index in [1.165, 1.54) is 23.5 Å². The fourth-order valence-corrected chi connectivity index (χ4v) is 3.82. The maximum absolute atomic E-state index is 11.0. The minimum Gasteiger partial charge on any atom is -0.306 e. The fraction of sp³-hybridized carbons (Fsp3) is 0. The second-order valence-electron chi connectivity index (χ2n) is 6.35. The fourth-order valence-electron chi connectivity index (χ4n) is 2.99. The molecule has 0 radical (unpaired) electrons. The van der Waals surface area contributed by atoms with Gasteiger partial charge in [-0.25, -0.2) is 4.52 Å². The van der Waals surface area contributed by atoms with Crippen LogP contribution in [0.25, 0.3) is 27.5 Å². The van der Waals surface area contributed by atoms with E-state index in [1.807, 2.05) is 35.7 Å². The molecule has 9 nitrogen and oxygen atoms in total. The van der Waals surface area contributed by atoms with Crippen LogP contribution >= 0.6 is 11.3 Å². The summed E-state index contributed by atoms with van der Waals surface area (Å²) in [4.78, 5) is 15.8. The number of nitro groups is 1. The second-order valence-corrected chi connectivity index (χ2v) is 7.19. The Hall–Kier alpha value is -4.18. The molecule has 10 heteroatoms. The molecule has 0 aliphatic heterocycles. The largest absolute Gasteiger partial charge is 0.306 e. The zero-order valence-corrected chi connectivity index (χ0v) is 16.2. The van der Waals surface area contributed by atoms with Gasteiger partial charge >= 0.3 is 0 Å². The van der Waals surface area contributed by atoms with E-state index < -0.39 is 4.92 Å². The number of nitrogens with zero attached hydrogens (tertiary/aromatic N) is 6. The predicted octanol–water partition coefficient (Wildman–Crippen LogP) is 4.57. The third-order valence-corrected chi connectivity index (χ3v) is 5.22. The zero-order chi connectivity index (χ0) is 20.5. The summed E-state index contributed by atoms with van der Waals surface area (Å²) >= 11 is 1.50. The number of nitro benzene ring substituents is 1. The molecule has 5 rings (SSSR count). The monoisotopic (exact) mass is 415 g/mol. The van der Waals surface area contributed by atoms with E-state index in [1.54, 1.807) is 28.8 Å². The van der Waals surface area contributed by atoms with Crippen LogP contribution < -0.4 is 5.32 Å². The molecule has 0 fully saturated rings. The standard InChI is InChI=1S/C20H13N7O2S/c28-27(29)15-8-4-7-14(11-15)16-9-10-18(24-23-16)21-19-22-20-26(25-19)17(12-30-20)13-5-2-1-3-6-13/h1-12H,(H,21,24,25). The smallest absolute Gasteiger partial charge is 0.270 e. The Morgan fingerprint density at radius 2 is 1.80 bits per heavy atom. The normalized spacial score (nSPS) is 10.9. The maximum Gasteiger partial charge on any atom is 0.270 e. The Labute approximate surface area is 173 Å². The van der Waals surface area contributed by atoms with Gasteiger partial charge in [0.15, 0.2) is 5.82 Å². The van der Waals surface area contributed by atoms with Gasteiger partial charge in [-0.05, 0) is 12.1 Å². The van der Waals surface area contributed by atoms with Crippen molar-refractivity contribution in [2.45, 2.75) is 0 Å². The number of hydrogen-bond acceptors (Lipinski definition) is 8. The van der Waals surface area contributed by atoms with Crippen LogP contribution in [0.4, 0.5) is 17.5 Å². The molecular formula is C20H13N7O2S. The molecule has 0 aliphatic carbocycles. The lowest BCUT2D eigenvalue weighted by Crippen LogP contribution is -1.99. The highest BCUT2D eigenvalue weighted by atomic mass is 32.1. The van der Waals surface area contributed by atoms with Gasteiger partial charge < -0.3 is 5.32 Å².